The van der Waals surface area contributed by atoms with Crippen molar-refractivity contribution < 1.29 is 22.7 Å². The summed E-state index contributed by atoms with van der Waals surface area (Å²) < 4.78 is 42.5. The second-order valence-corrected chi connectivity index (χ2v) is 7.12. The third kappa shape index (κ3) is 5.76. The molecule has 0 aromatic heterocycles. The van der Waals surface area contributed by atoms with E-state index >= 15 is 0 Å². The van der Waals surface area contributed by atoms with Crippen LogP contribution in [0.4, 0.5) is 18.0 Å². The van der Waals surface area contributed by atoms with E-state index in [9.17, 15) is 18.0 Å². The molecule has 1 saturated heterocycles. The van der Waals surface area contributed by atoms with Gasteiger partial charge in [0, 0.05) is 19.6 Å². The lowest BCUT2D eigenvalue weighted by molar-refractivity contribution is -0.143. The fourth-order valence-corrected chi connectivity index (χ4v) is 3.47. The molecule has 1 aliphatic heterocycles. The van der Waals surface area contributed by atoms with Crippen LogP contribution in [0.1, 0.15) is 12.0 Å². The summed E-state index contributed by atoms with van der Waals surface area (Å²) in [6.45, 7) is 0.628. The van der Waals surface area contributed by atoms with E-state index < -0.39 is 12.7 Å². The Morgan fingerprint density at radius 2 is 1.93 bits per heavy atom. The van der Waals surface area contributed by atoms with Crippen molar-refractivity contribution in [1.82, 2.24) is 15.5 Å². The van der Waals surface area contributed by atoms with Gasteiger partial charge in [-0.1, -0.05) is 18.2 Å². The average molecular weight is 395 g/mol. The Morgan fingerprint density at radius 1 is 1.18 bits per heavy atom. The number of amides is 2. The standard InChI is InChI=1S/C20H24F3N3O2/c1-28-18-5-4-16-8-14(2-3-17(16)9-18)10-24-19(27)25-11-15-6-7-26(12-15)13-20(21,22)23/h2-5,8-9,15H,6-7,10-13H2,1H3,(H2,24,25,27)/t15-/m1/s1. The summed E-state index contributed by atoms with van der Waals surface area (Å²) in [5.41, 5.74) is 0.963. The lowest BCUT2D eigenvalue weighted by Gasteiger charge is -2.18. The van der Waals surface area contributed by atoms with Gasteiger partial charge in [0.2, 0.25) is 0 Å². The van der Waals surface area contributed by atoms with Gasteiger partial charge in [0.05, 0.1) is 13.7 Å². The highest BCUT2D eigenvalue weighted by Crippen LogP contribution is 2.23. The van der Waals surface area contributed by atoms with Gasteiger partial charge in [-0.2, -0.15) is 13.2 Å². The molecule has 3 rings (SSSR count). The Hall–Kier alpha value is -2.48. The van der Waals surface area contributed by atoms with Crippen LogP contribution < -0.4 is 15.4 Å². The van der Waals surface area contributed by atoms with Crippen molar-refractivity contribution in [2.24, 2.45) is 5.92 Å². The van der Waals surface area contributed by atoms with Gasteiger partial charge in [-0.3, -0.25) is 4.90 Å². The van der Waals surface area contributed by atoms with E-state index in [0.29, 0.717) is 32.6 Å². The van der Waals surface area contributed by atoms with Crippen LogP contribution in [0, 0.1) is 5.92 Å². The largest absolute Gasteiger partial charge is 0.497 e. The normalized spacial score (nSPS) is 17.6. The molecule has 0 spiro atoms. The summed E-state index contributed by atoms with van der Waals surface area (Å²) in [7, 11) is 1.62. The summed E-state index contributed by atoms with van der Waals surface area (Å²) in [6, 6.07) is 11.4. The number of fused-ring (bicyclic) bond motifs is 1. The molecule has 1 fully saturated rings. The van der Waals surface area contributed by atoms with E-state index in [1.165, 1.54) is 4.90 Å². The lowest BCUT2D eigenvalue weighted by atomic mass is 10.1. The number of hydrogen-bond acceptors (Lipinski definition) is 3. The van der Waals surface area contributed by atoms with Crippen LogP contribution in [0.25, 0.3) is 10.8 Å². The number of nitrogens with zero attached hydrogens (tertiary/aromatic N) is 1. The minimum absolute atomic E-state index is 0.0451. The van der Waals surface area contributed by atoms with Crippen LogP contribution in [0.5, 0.6) is 5.75 Å². The molecule has 1 heterocycles. The first-order chi connectivity index (χ1) is 13.3. The van der Waals surface area contributed by atoms with Gasteiger partial charge in [-0.25, -0.2) is 4.79 Å². The van der Waals surface area contributed by atoms with Crippen molar-refractivity contribution >= 4 is 16.8 Å². The number of urea groups is 1. The molecular weight excluding hydrogens is 371 g/mol. The molecule has 2 N–H and O–H groups in total. The van der Waals surface area contributed by atoms with Crippen LogP contribution in [-0.4, -0.2) is 50.4 Å². The Labute approximate surface area is 161 Å². The molecule has 0 radical (unpaired) electrons. The molecule has 0 bridgehead atoms. The van der Waals surface area contributed by atoms with E-state index in [2.05, 4.69) is 10.6 Å². The fraction of sp³-hybridized carbons (Fsp3) is 0.450. The molecule has 1 atom stereocenters. The average Bonchev–Trinajstić information content (AvgIpc) is 3.09. The van der Waals surface area contributed by atoms with Crippen LogP contribution >= 0.6 is 0 Å². The Balaban J connectivity index is 1.43. The Morgan fingerprint density at radius 3 is 2.68 bits per heavy atom. The SMILES string of the molecule is COc1ccc2cc(CNC(=O)NC[C@H]3CCN(CC(F)(F)F)C3)ccc2c1. The van der Waals surface area contributed by atoms with Crippen molar-refractivity contribution in [2.45, 2.75) is 19.1 Å². The minimum atomic E-state index is -4.18. The molecule has 0 aliphatic carbocycles. The molecule has 2 aromatic rings. The van der Waals surface area contributed by atoms with Crippen LogP contribution in [0.3, 0.4) is 0 Å². The predicted octanol–water partition coefficient (Wildman–Crippen LogP) is 3.53. The molecule has 28 heavy (non-hydrogen) atoms. The molecule has 1 aliphatic rings. The highest BCUT2D eigenvalue weighted by atomic mass is 19.4. The Kier molecular flexibility index (Phi) is 6.28. The van der Waals surface area contributed by atoms with Gasteiger partial charge in [0.25, 0.3) is 0 Å². The zero-order valence-electron chi connectivity index (χ0n) is 15.7. The first kappa shape index (κ1) is 20.3. The molecule has 0 unspecified atom stereocenters. The maximum absolute atomic E-state index is 12.4. The van der Waals surface area contributed by atoms with Crippen molar-refractivity contribution in [3.8, 4) is 5.75 Å². The number of carbonyl (C=O) groups excluding carboxylic acids is 1. The van der Waals surface area contributed by atoms with Crippen molar-refractivity contribution in [3.05, 3.63) is 42.0 Å². The van der Waals surface area contributed by atoms with E-state index in [1.807, 2.05) is 36.4 Å². The number of ether oxygens (including phenoxy) is 1. The number of likely N-dealkylation sites (tertiary alicyclic amines) is 1. The van der Waals surface area contributed by atoms with E-state index in [1.54, 1.807) is 7.11 Å². The topological polar surface area (TPSA) is 53.6 Å². The lowest BCUT2D eigenvalue weighted by Crippen LogP contribution is -2.39. The van der Waals surface area contributed by atoms with Crippen LogP contribution in [0.15, 0.2) is 36.4 Å². The molecule has 5 nitrogen and oxygen atoms in total. The fourth-order valence-electron chi connectivity index (χ4n) is 3.47. The van der Waals surface area contributed by atoms with E-state index in [0.717, 1.165) is 22.1 Å². The van der Waals surface area contributed by atoms with Crippen molar-refractivity contribution in [1.29, 1.82) is 0 Å². The number of nitrogens with one attached hydrogen (secondary N) is 2. The number of methoxy groups -OCH3 is 1. The summed E-state index contributed by atoms with van der Waals surface area (Å²) in [4.78, 5) is 13.4. The maximum Gasteiger partial charge on any atom is 0.401 e. The highest BCUT2D eigenvalue weighted by Gasteiger charge is 2.34. The predicted molar refractivity (Wildman–Crippen MR) is 101 cm³/mol. The highest BCUT2D eigenvalue weighted by molar-refractivity contribution is 5.84. The summed E-state index contributed by atoms with van der Waals surface area (Å²) in [6.07, 6.45) is -3.52. The second kappa shape index (κ2) is 8.68. The number of alkyl halides is 3. The number of halogens is 3. The van der Waals surface area contributed by atoms with Crippen molar-refractivity contribution in [2.75, 3.05) is 33.3 Å². The van der Waals surface area contributed by atoms with Crippen LogP contribution in [-0.2, 0) is 6.54 Å². The second-order valence-electron chi connectivity index (χ2n) is 7.12. The molecule has 8 heteroatoms. The van der Waals surface area contributed by atoms with Gasteiger partial charge >= 0.3 is 12.2 Å². The van der Waals surface area contributed by atoms with Gasteiger partial charge in [0.1, 0.15) is 5.75 Å². The maximum atomic E-state index is 12.4. The van der Waals surface area contributed by atoms with Crippen molar-refractivity contribution in [3.63, 3.8) is 0 Å². The monoisotopic (exact) mass is 395 g/mol. The first-order valence-corrected chi connectivity index (χ1v) is 9.20. The van der Waals surface area contributed by atoms with E-state index in [-0.39, 0.29) is 11.9 Å². The van der Waals surface area contributed by atoms with E-state index in [4.69, 9.17) is 4.74 Å². The van der Waals surface area contributed by atoms with Crippen LogP contribution in [0.2, 0.25) is 0 Å². The molecule has 2 aromatic carbocycles. The molecular formula is C20H24F3N3O2. The Bertz CT molecular complexity index is 826. The minimum Gasteiger partial charge on any atom is -0.497 e. The summed E-state index contributed by atoms with van der Waals surface area (Å²) >= 11 is 0. The van der Waals surface area contributed by atoms with Gasteiger partial charge < -0.3 is 15.4 Å². The molecule has 2 amide bonds. The van der Waals surface area contributed by atoms with Gasteiger partial charge in [-0.05, 0) is 53.4 Å². The number of carbonyl (C=O) groups is 1. The summed E-state index contributed by atoms with van der Waals surface area (Å²) in [5, 5.41) is 7.65. The smallest absolute Gasteiger partial charge is 0.401 e. The number of rotatable bonds is 6. The third-order valence-corrected chi connectivity index (χ3v) is 4.89. The first-order valence-electron chi connectivity index (χ1n) is 9.20. The molecule has 152 valence electrons. The third-order valence-electron chi connectivity index (χ3n) is 4.89. The number of hydrogen-bond donors (Lipinski definition) is 2. The summed E-state index contributed by atoms with van der Waals surface area (Å²) in [5.74, 6) is 0.835. The zero-order valence-corrected chi connectivity index (χ0v) is 15.7. The quantitative estimate of drug-likeness (QED) is 0.787. The zero-order chi connectivity index (χ0) is 20.1. The number of benzene rings is 2. The van der Waals surface area contributed by atoms with Gasteiger partial charge in [-0.15, -0.1) is 0 Å². The molecule has 0 saturated carbocycles. The van der Waals surface area contributed by atoms with Gasteiger partial charge in [0.15, 0.2) is 0 Å².